The standard InChI is InChI=1S/C12H14F3N3.C6H10N2S2/c1-6-10(17-7(2)16)8-4-3-5-9(8)18-11(6)12(13,14)15;1-4(2)6-8-3-5(9-6)10-7/h2-5,16H2,1H3,(H,17,18);3-4H,7H2,1-2H3. The predicted octanol–water partition coefficient (Wildman–Crippen LogP) is 4.97. The highest BCUT2D eigenvalue weighted by molar-refractivity contribution is 7.99. The van der Waals surface area contributed by atoms with Gasteiger partial charge in [0.15, 0.2) is 0 Å². The molecule has 154 valence electrons. The molecule has 0 radical (unpaired) electrons. The van der Waals surface area contributed by atoms with Crippen LogP contribution in [0.5, 0.6) is 0 Å². The summed E-state index contributed by atoms with van der Waals surface area (Å²) in [5, 5.41) is 9.24. The molecule has 1 aliphatic rings. The van der Waals surface area contributed by atoms with Crippen molar-refractivity contribution in [2.45, 2.75) is 56.3 Å². The Bertz CT molecular complexity index is 846. The van der Waals surface area contributed by atoms with Crippen molar-refractivity contribution in [2.24, 2.45) is 10.9 Å². The van der Waals surface area contributed by atoms with Gasteiger partial charge in [-0.2, -0.15) is 13.2 Å². The molecule has 0 amide bonds. The molecule has 0 bridgehead atoms. The number of anilines is 1. The summed E-state index contributed by atoms with van der Waals surface area (Å²) < 4.78 is 39.8. The van der Waals surface area contributed by atoms with Gasteiger partial charge in [0.1, 0.15) is 5.69 Å². The van der Waals surface area contributed by atoms with Gasteiger partial charge in [0.05, 0.1) is 21.2 Å². The maximum Gasteiger partial charge on any atom is 0.433 e. The van der Waals surface area contributed by atoms with Crippen molar-refractivity contribution >= 4 is 29.0 Å². The minimum absolute atomic E-state index is 0.0785. The summed E-state index contributed by atoms with van der Waals surface area (Å²) in [7, 11) is 0. The third kappa shape index (κ3) is 5.39. The first-order chi connectivity index (χ1) is 13.0. The fraction of sp³-hybridized carbons (Fsp3) is 0.444. The first kappa shape index (κ1) is 22.5. The SMILES string of the molecule is C=C(N)Nc1c(C)c(C(F)(F)F)nc2c1CCC2.CC(C)c1ncc(SN)s1. The second-order valence-corrected chi connectivity index (χ2v) is 8.67. The van der Waals surface area contributed by atoms with E-state index in [-0.39, 0.29) is 11.4 Å². The van der Waals surface area contributed by atoms with Crippen LogP contribution in [-0.4, -0.2) is 9.97 Å². The number of aryl methyl sites for hydroxylation is 1. The van der Waals surface area contributed by atoms with Crippen molar-refractivity contribution in [2.75, 3.05) is 5.32 Å². The number of rotatable bonds is 4. The molecule has 0 aromatic carbocycles. The van der Waals surface area contributed by atoms with Crippen molar-refractivity contribution in [3.63, 3.8) is 0 Å². The van der Waals surface area contributed by atoms with Gasteiger partial charge in [-0.25, -0.2) is 9.97 Å². The topological polar surface area (TPSA) is 89.8 Å². The minimum atomic E-state index is -4.45. The van der Waals surface area contributed by atoms with Crippen LogP contribution in [0.3, 0.4) is 0 Å². The van der Waals surface area contributed by atoms with Gasteiger partial charge in [-0.3, -0.25) is 5.14 Å². The fourth-order valence-electron chi connectivity index (χ4n) is 2.88. The van der Waals surface area contributed by atoms with Gasteiger partial charge in [0.25, 0.3) is 0 Å². The number of nitrogens with zero attached hydrogens (tertiary/aromatic N) is 2. The predicted molar refractivity (Wildman–Crippen MR) is 109 cm³/mol. The minimum Gasteiger partial charge on any atom is -0.386 e. The molecule has 10 heteroatoms. The van der Waals surface area contributed by atoms with Crippen LogP contribution in [0.25, 0.3) is 0 Å². The lowest BCUT2D eigenvalue weighted by Crippen LogP contribution is -2.17. The highest BCUT2D eigenvalue weighted by Gasteiger charge is 2.37. The van der Waals surface area contributed by atoms with Crippen molar-refractivity contribution in [3.8, 4) is 0 Å². The second-order valence-electron chi connectivity index (χ2n) is 6.68. The Morgan fingerprint density at radius 3 is 2.50 bits per heavy atom. The van der Waals surface area contributed by atoms with E-state index in [4.69, 9.17) is 10.9 Å². The lowest BCUT2D eigenvalue weighted by Gasteiger charge is -2.18. The number of hydrogen-bond acceptors (Lipinski definition) is 7. The quantitative estimate of drug-likeness (QED) is 0.592. The summed E-state index contributed by atoms with van der Waals surface area (Å²) in [6.45, 7) is 9.13. The molecule has 2 heterocycles. The first-order valence-electron chi connectivity index (χ1n) is 8.68. The van der Waals surface area contributed by atoms with Gasteiger partial charge in [0.2, 0.25) is 0 Å². The monoisotopic (exact) mass is 431 g/mol. The van der Waals surface area contributed by atoms with Gasteiger partial charge in [-0.15, -0.1) is 11.3 Å². The van der Waals surface area contributed by atoms with Crippen LogP contribution in [0.4, 0.5) is 18.9 Å². The molecule has 0 spiro atoms. The molecule has 0 unspecified atom stereocenters. The third-order valence-electron chi connectivity index (χ3n) is 4.13. The van der Waals surface area contributed by atoms with Gasteiger partial charge >= 0.3 is 6.18 Å². The summed E-state index contributed by atoms with van der Waals surface area (Å²) >= 11 is 2.93. The van der Waals surface area contributed by atoms with Crippen LogP contribution < -0.4 is 16.2 Å². The molecule has 0 aliphatic heterocycles. The summed E-state index contributed by atoms with van der Waals surface area (Å²) in [5.41, 5.74) is 6.43. The molecule has 2 aromatic heterocycles. The van der Waals surface area contributed by atoms with E-state index in [1.807, 2.05) is 6.20 Å². The van der Waals surface area contributed by atoms with Gasteiger partial charge < -0.3 is 11.1 Å². The lowest BCUT2D eigenvalue weighted by atomic mass is 10.1. The number of pyridine rings is 1. The summed E-state index contributed by atoms with van der Waals surface area (Å²) in [5.74, 6) is 0.650. The number of thiazole rings is 1. The highest BCUT2D eigenvalue weighted by atomic mass is 32.2. The van der Waals surface area contributed by atoms with Gasteiger partial charge in [-0.1, -0.05) is 20.4 Å². The molecule has 3 rings (SSSR count). The van der Waals surface area contributed by atoms with Crippen LogP contribution in [0.2, 0.25) is 0 Å². The Labute approximate surface area is 171 Å². The van der Waals surface area contributed by atoms with E-state index in [1.165, 1.54) is 18.9 Å². The zero-order valence-electron chi connectivity index (χ0n) is 16.0. The number of nitrogens with two attached hydrogens (primary N) is 2. The van der Waals surface area contributed by atoms with E-state index in [9.17, 15) is 13.2 Å². The Balaban J connectivity index is 0.000000237. The van der Waals surface area contributed by atoms with Gasteiger partial charge in [0, 0.05) is 22.9 Å². The summed E-state index contributed by atoms with van der Waals surface area (Å²) in [6.07, 6.45) is -0.519. The average Bonchev–Trinajstić information content (AvgIpc) is 3.25. The van der Waals surface area contributed by atoms with Crippen LogP contribution in [0, 0.1) is 6.92 Å². The number of nitrogens with one attached hydrogen (secondary N) is 1. The lowest BCUT2D eigenvalue weighted by molar-refractivity contribution is -0.141. The molecule has 28 heavy (non-hydrogen) atoms. The smallest absolute Gasteiger partial charge is 0.386 e. The molecule has 0 saturated heterocycles. The number of hydrogen-bond donors (Lipinski definition) is 3. The van der Waals surface area contributed by atoms with Crippen LogP contribution in [0.15, 0.2) is 22.8 Å². The Kier molecular flexibility index (Phi) is 7.35. The molecule has 5 nitrogen and oxygen atoms in total. The number of aromatic nitrogens is 2. The highest BCUT2D eigenvalue weighted by Crippen LogP contribution is 2.38. The zero-order valence-corrected chi connectivity index (χ0v) is 17.6. The second kappa shape index (κ2) is 9.15. The summed E-state index contributed by atoms with van der Waals surface area (Å²) in [4.78, 5) is 7.96. The molecular weight excluding hydrogens is 407 g/mol. The van der Waals surface area contributed by atoms with E-state index in [0.29, 0.717) is 23.7 Å². The van der Waals surface area contributed by atoms with E-state index < -0.39 is 11.9 Å². The molecule has 0 saturated carbocycles. The molecule has 0 fully saturated rings. The fourth-order valence-corrected chi connectivity index (χ4v) is 4.10. The van der Waals surface area contributed by atoms with Crippen LogP contribution >= 0.6 is 23.3 Å². The van der Waals surface area contributed by atoms with Crippen molar-refractivity contribution in [1.29, 1.82) is 0 Å². The third-order valence-corrected chi connectivity index (χ3v) is 6.10. The van der Waals surface area contributed by atoms with Gasteiger partial charge in [-0.05, 0) is 43.7 Å². The number of alkyl halides is 3. The normalized spacial score (nSPS) is 13.1. The van der Waals surface area contributed by atoms with Crippen LogP contribution in [0.1, 0.15) is 53.7 Å². The first-order valence-corrected chi connectivity index (χ1v) is 10.4. The van der Waals surface area contributed by atoms with Crippen molar-refractivity contribution < 1.29 is 13.2 Å². The zero-order chi connectivity index (χ0) is 21.1. The summed E-state index contributed by atoms with van der Waals surface area (Å²) in [6, 6.07) is 0. The Morgan fingerprint density at radius 1 is 1.36 bits per heavy atom. The van der Waals surface area contributed by atoms with Crippen molar-refractivity contribution in [1.82, 2.24) is 9.97 Å². The maximum absolute atomic E-state index is 12.9. The molecule has 0 atom stereocenters. The van der Waals surface area contributed by atoms with E-state index >= 15 is 0 Å². The Morgan fingerprint density at radius 2 is 2.04 bits per heavy atom. The largest absolute Gasteiger partial charge is 0.433 e. The number of fused-ring (bicyclic) bond motifs is 1. The molecular formula is C18H24F3N5S2. The molecule has 1 aliphatic carbocycles. The maximum atomic E-state index is 12.9. The van der Waals surface area contributed by atoms with E-state index in [2.05, 4.69) is 35.7 Å². The molecule has 2 aromatic rings. The van der Waals surface area contributed by atoms with Crippen LogP contribution in [-0.2, 0) is 19.0 Å². The van der Waals surface area contributed by atoms with Crippen molar-refractivity contribution in [3.05, 3.63) is 46.1 Å². The van der Waals surface area contributed by atoms with E-state index in [0.717, 1.165) is 27.6 Å². The van der Waals surface area contributed by atoms with E-state index in [1.54, 1.807) is 11.3 Å². The Hall–Kier alpha value is -1.78. The average molecular weight is 432 g/mol. The number of halogens is 3. The molecule has 5 N–H and O–H groups in total.